The number of carboxylic acid groups (broad SMARTS) is 1. The average Bonchev–Trinajstić information content (AvgIpc) is 2.94. The van der Waals surface area contributed by atoms with Gasteiger partial charge in [0.25, 0.3) is 5.91 Å². The number of carbonyl (C=O) groups excluding carboxylic acids is 3. The Morgan fingerprint density at radius 2 is 1.73 bits per heavy atom. The van der Waals surface area contributed by atoms with E-state index in [0.717, 1.165) is 5.56 Å². The summed E-state index contributed by atoms with van der Waals surface area (Å²) in [5, 5.41) is 9.30. The van der Waals surface area contributed by atoms with Crippen LogP contribution < -0.4 is 0 Å². The average molecular weight is 358 g/mol. The molecule has 26 heavy (non-hydrogen) atoms. The Kier molecular flexibility index (Phi) is 5.06. The van der Waals surface area contributed by atoms with E-state index in [1.165, 1.54) is 4.90 Å². The summed E-state index contributed by atoms with van der Waals surface area (Å²) in [7, 11) is 0. The molecular formula is C19H22N2O5. The van der Waals surface area contributed by atoms with E-state index in [9.17, 15) is 24.3 Å². The van der Waals surface area contributed by atoms with E-state index in [4.69, 9.17) is 0 Å². The largest absolute Gasteiger partial charge is 0.481 e. The van der Waals surface area contributed by atoms with Crippen molar-refractivity contribution >= 4 is 23.7 Å². The standard InChI is InChI=1S/C19H22N2O5/c1-12-15(19(25)26)3-2-10-20(12)18(24)14-6-4-13(5-7-14)11-21-16(22)8-9-17(21)23/h4-7,12,15H,2-3,8-11H2,1H3,(H,25,26)/t12-,15-/m1/s1. The predicted molar refractivity (Wildman–Crippen MR) is 92.1 cm³/mol. The number of nitrogens with zero attached hydrogens (tertiary/aromatic N) is 2. The summed E-state index contributed by atoms with van der Waals surface area (Å²) in [4.78, 5) is 50.3. The van der Waals surface area contributed by atoms with Gasteiger partial charge in [-0.05, 0) is 37.5 Å². The van der Waals surface area contributed by atoms with Gasteiger partial charge in [0.2, 0.25) is 11.8 Å². The number of carboxylic acids is 1. The van der Waals surface area contributed by atoms with Crippen LogP contribution in [-0.2, 0) is 20.9 Å². The zero-order chi connectivity index (χ0) is 18.8. The second kappa shape index (κ2) is 7.27. The summed E-state index contributed by atoms with van der Waals surface area (Å²) >= 11 is 0. The van der Waals surface area contributed by atoms with Crippen LogP contribution in [0.2, 0.25) is 0 Å². The first-order chi connectivity index (χ1) is 12.4. The van der Waals surface area contributed by atoms with Crippen molar-refractivity contribution in [3.05, 3.63) is 35.4 Å². The lowest BCUT2D eigenvalue weighted by Gasteiger charge is -2.37. The third-order valence-electron chi connectivity index (χ3n) is 5.26. The molecule has 3 amide bonds. The first-order valence-corrected chi connectivity index (χ1v) is 8.84. The van der Waals surface area contributed by atoms with Crippen LogP contribution in [-0.4, -0.2) is 51.2 Å². The van der Waals surface area contributed by atoms with Gasteiger partial charge in [-0.3, -0.25) is 24.1 Å². The zero-order valence-corrected chi connectivity index (χ0v) is 14.7. The van der Waals surface area contributed by atoms with Crippen molar-refractivity contribution in [2.45, 2.75) is 45.2 Å². The zero-order valence-electron chi connectivity index (χ0n) is 14.7. The third-order valence-corrected chi connectivity index (χ3v) is 5.26. The molecule has 0 radical (unpaired) electrons. The van der Waals surface area contributed by atoms with Crippen LogP contribution in [0, 0.1) is 5.92 Å². The Hall–Kier alpha value is -2.70. The molecule has 0 unspecified atom stereocenters. The summed E-state index contributed by atoms with van der Waals surface area (Å²) in [6, 6.07) is 6.44. The molecule has 2 atom stereocenters. The van der Waals surface area contributed by atoms with E-state index in [-0.39, 0.29) is 43.1 Å². The molecule has 2 fully saturated rings. The quantitative estimate of drug-likeness (QED) is 0.826. The maximum atomic E-state index is 12.8. The van der Waals surface area contributed by atoms with Crippen LogP contribution in [0.15, 0.2) is 24.3 Å². The first-order valence-electron chi connectivity index (χ1n) is 8.84. The van der Waals surface area contributed by atoms with Gasteiger partial charge in [0.1, 0.15) is 0 Å². The van der Waals surface area contributed by atoms with Gasteiger partial charge in [-0.25, -0.2) is 0 Å². The van der Waals surface area contributed by atoms with E-state index >= 15 is 0 Å². The Labute approximate surface area is 151 Å². The SMILES string of the molecule is C[C@@H]1[C@H](C(=O)O)CCCN1C(=O)c1ccc(CN2C(=O)CCC2=O)cc1. The van der Waals surface area contributed by atoms with E-state index in [2.05, 4.69) is 0 Å². The lowest BCUT2D eigenvalue weighted by molar-refractivity contribution is -0.145. The van der Waals surface area contributed by atoms with Crippen molar-refractivity contribution in [1.82, 2.24) is 9.80 Å². The molecule has 1 aromatic carbocycles. The van der Waals surface area contributed by atoms with Gasteiger partial charge in [0.05, 0.1) is 12.5 Å². The molecule has 2 saturated heterocycles. The number of carbonyl (C=O) groups is 4. The fourth-order valence-electron chi connectivity index (χ4n) is 3.66. The Balaban J connectivity index is 1.70. The molecule has 3 rings (SSSR count). The van der Waals surface area contributed by atoms with E-state index in [1.54, 1.807) is 36.1 Å². The lowest BCUT2D eigenvalue weighted by Crippen LogP contribution is -2.49. The van der Waals surface area contributed by atoms with Crippen LogP contribution in [0.25, 0.3) is 0 Å². The van der Waals surface area contributed by atoms with Crippen LogP contribution >= 0.6 is 0 Å². The second-order valence-corrected chi connectivity index (χ2v) is 6.90. The van der Waals surface area contributed by atoms with Crippen molar-refractivity contribution < 1.29 is 24.3 Å². The number of likely N-dealkylation sites (tertiary alicyclic amines) is 2. The first kappa shape index (κ1) is 18.1. The van der Waals surface area contributed by atoms with Crippen molar-refractivity contribution in [3.8, 4) is 0 Å². The number of piperidine rings is 1. The third kappa shape index (κ3) is 3.47. The van der Waals surface area contributed by atoms with Crippen molar-refractivity contribution in [3.63, 3.8) is 0 Å². The maximum Gasteiger partial charge on any atom is 0.308 e. The summed E-state index contributed by atoms with van der Waals surface area (Å²) in [6.07, 6.45) is 1.77. The highest BCUT2D eigenvalue weighted by Crippen LogP contribution is 2.25. The fraction of sp³-hybridized carbons (Fsp3) is 0.474. The van der Waals surface area contributed by atoms with Crippen LogP contribution in [0.4, 0.5) is 0 Å². The molecule has 0 aliphatic carbocycles. The smallest absolute Gasteiger partial charge is 0.308 e. The summed E-state index contributed by atoms with van der Waals surface area (Å²) < 4.78 is 0. The summed E-state index contributed by atoms with van der Waals surface area (Å²) in [6.45, 7) is 2.53. The summed E-state index contributed by atoms with van der Waals surface area (Å²) in [5.74, 6) is -1.94. The molecule has 1 N–H and O–H groups in total. The highest BCUT2D eigenvalue weighted by Gasteiger charge is 2.35. The Morgan fingerprint density at radius 3 is 2.31 bits per heavy atom. The van der Waals surface area contributed by atoms with Crippen molar-refractivity contribution in [2.75, 3.05) is 6.54 Å². The molecule has 2 aliphatic heterocycles. The topological polar surface area (TPSA) is 95.0 Å². The van der Waals surface area contributed by atoms with Gasteiger partial charge in [-0.2, -0.15) is 0 Å². The minimum atomic E-state index is -0.870. The molecule has 7 heteroatoms. The number of aliphatic carboxylic acids is 1. The molecule has 1 aromatic rings. The highest BCUT2D eigenvalue weighted by atomic mass is 16.4. The minimum Gasteiger partial charge on any atom is -0.481 e. The Morgan fingerprint density at radius 1 is 1.12 bits per heavy atom. The molecule has 0 saturated carbocycles. The number of amides is 3. The van der Waals surface area contributed by atoms with E-state index in [1.807, 2.05) is 0 Å². The predicted octanol–water partition coefficient (Wildman–Crippen LogP) is 1.66. The number of hydrogen-bond donors (Lipinski definition) is 1. The van der Waals surface area contributed by atoms with Gasteiger partial charge in [0, 0.05) is 31.0 Å². The normalized spacial score (nSPS) is 23.4. The molecule has 138 valence electrons. The van der Waals surface area contributed by atoms with Gasteiger partial charge < -0.3 is 10.0 Å². The molecular weight excluding hydrogens is 336 g/mol. The maximum absolute atomic E-state index is 12.8. The van der Waals surface area contributed by atoms with Crippen LogP contribution in [0.3, 0.4) is 0 Å². The minimum absolute atomic E-state index is 0.169. The second-order valence-electron chi connectivity index (χ2n) is 6.90. The molecule has 0 spiro atoms. The van der Waals surface area contributed by atoms with Gasteiger partial charge >= 0.3 is 5.97 Å². The number of imide groups is 1. The Bertz CT molecular complexity index is 727. The van der Waals surface area contributed by atoms with Gasteiger partial charge in [-0.15, -0.1) is 0 Å². The highest BCUT2D eigenvalue weighted by molar-refractivity contribution is 6.01. The number of benzene rings is 1. The number of rotatable bonds is 4. The molecule has 0 bridgehead atoms. The van der Waals surface area contributed by atoms with E-state index < -0.39 is 11.9 Å². The van der Waals surface area contributed by atoms with Crippen molar-refractivity contribution in [2.24, 2.45) is 5.92 Å². The molecule has 2 heterocycles. The van der Waals surface area contributed by atoms with Crippen molar-refractivity contribution in [1.29, 1.82) is 0 Å². The molecule has 7 nitrogen and oxygen atoms in total. The summed E-state index contributed by atoms with van der Waals surface area (Å²) in [5.41, 5.74) is 1.26. The van der Waals surface area contributed by atoms with Crippen LogP contribution in [0.5, 0.6) is 0 Å². The molecule has 0 aromatic heterocycles. The monoisotopic (exact) mass is 358 g/mol. The van der Waals surface area contributed by atoms with E-state index in [0.29, 0.717) is 24.9 Å². The number of hydrogen-bond acceptors (Lipinski definition) is 4. The lowest BCUT2D eigenvalue weighted by atomic mass is 9.90. The molecule has 2 aliphatic rings. The van der Waals surface area contributed by atoms with Gasteiger partial charge in [-0.1, -0.05) is 12.1 Å². The van der Waals surface area contributed by atoms with Gasteiger partial charge in [0.15, 0.2) is 0 Å². The fourth-order valence-corrected chi connectivity index (χ4v) is 3.66. The van der Waals surface area contributed by atoms with Crippen LogP contribution in [0.1, 0.15) is 48.5 Å².